The molecule has 0 aromatic carbocycles. The zero-order valence-electron chi connectivity index (χ0n) is 16.5. The molecule has 0 saturated carbocycles. The standard InChI is InChI=1S/C21H31N3O3/c1-17(2)16-23-9-7-19(8-10-23)27-20-5-3-18(15-22-20)4-6-21(25)24-11-13-26-14-12-24/h3-6,15,17,19H,7-14,16H2,1-2H3/b6-4+. The van der Waals surface area contributed by atoms with Crippen LogP contribution in [0.1, 0.15) is 32.3 Å². The molecule has 3 rings (SSSR count). The van der Waals surface area contributed by atoms with Crippen molar-refractivity contribution in [1.29, 1.82) is 0 Å². The van der Waals surface area contributed by atoms with Crippen LogP contribution in [0.3, 0.4) is 0 Å². The minimum absolute atomic E-state index is 0.0202. The van der Waals surface area contributed by atoms with E-state index in [1.54, 1.807) is 23.2 Å². The van der Waals surface area contributed by atoms with E-state index < -0.39 is 0 Å². The first-order valence-electron chi connectivity index (χ1n) is 10.00. The summed E-state index contributed by atoms with van der Waals surface area (Å²) in [4.78, 5) is 20.8. The minimum atomic E-state index is 0.0202. The SMILES string of the molecule is CC(C)CN1CCC(Oc2ccc(/C=C/C(=O)N3CCOCC3)cn2)CC1. The van der Waals surface area contributed by atoms with Crippen LogP contribution in [0.5, 0.6) is 5.88 Å². The van der Waals surface area contributed by atoms with Crippen LogP contribution in [0, 0.1) is 5.92 Å². The summed E-state index contributed by atoms with van der Waals surface area (Å²) in [5, 5.41) is 0. The van der Waals surface area contributed by atoms with Crippen molar-refractivity contribution in [2.45, 2.75) is 32.8 Å². The highest BCUT2D eigenvalue weighted by Gasteiger charge is 2.21. The van der Waals surface area contributed by atoms with E-state index in [0.717, 1.165) is 38.0 Å². The van der Waals surface area contributed by atoms with Crippen molar-refractivity contribution in [3.63, 3.8) is 0 Å². The molecular weight excluding hydrogens is 342 g/mol. The number of carbonyl (C=O) groups excluding carboxylic acids is 1. The Hall–Kier alpha value is -1.92. The van der Waals surface area contributed by atoms with E-state index in [1.165, 1.54) is 0 Å². The summed E-state index contributed by atoms with van der Waals surface area (Å²) in [6, 6.07) is 3.83. The highest BCUT2D eigenvalue weighted by atomic mass is 16.5. The molecular formula is C21H31N3O3. The van der Waals surface area contributed by atoms with Gasteiger partial charge in [0.2, 0.25) is 11.8 Å². The molecule has 1 amide bonds. The van der Waals surface area contributed by atoms with Crippen molar-refractivity contribution in [2.24, 2.45) is 5.92 Å². The first kappa shape index (κ1) is 19.8. The molecule has 1 aromatic heterocycles. The molecule has 27 heavy (non-hydrogen) atoms. The zero-order valence-corrected chi connectivity index (χ0v) is 16.5. The number of hydrogen-bond acceptors (Lipinski definition) is 5. The van der Waals surface area contributed by atoms with E-state index in [4.69, 9.17) is 9.47 Å². The molecule has 0 N–H and O–H groups in total. The van der Waals surface area contributed by atoms with Crippen LogP contribution in [-0.2, 0) is 9.53 Å². The normalized spacial score (nSPS) is 19.7. The molecule has 2 aliphatic rings. The first-order valence-corrected chi connectivity index (χ1v) is 10.00. The molecule has 2 aliphatic heterocycles. The summed E-state index contributed by atoms with van der Waals surface area (Å²) >= 11 is 0. The lowest BCUT2D eigenvalue weighted by Gasteiger charge is -2.32. The van der Waals surface area contributed by atoms with Gasteiger partial charge in [-0.2, -0.15) is 0 Å². The third-order valence-corrected chi connectivity index (χ3v) is 4.95. The molecule has 2 fully saturated rings. The van der Waals surface area contributed by atoms with Gasteiger partial charge in [0, 0.05) is 51.1 Å². The maximum atomic E-state index is 12.1. The Labute approximate surface area is 162 Å². The Balaban J connectivity index is 1.45. The molecule has 0 unspecified atom stereocenters. The van der Waals surface area contributed by atoms with Gasteiger partial charge in [-0.3, -0.25) is 4.79 Å². The average Bonchev–Trinajstić information content (AvgIpc) is 2.69. The number of morpholine rings is 1. The third-order valence-electron chi connectivity index (χ3n) is 4.95. The van der Waals surface area contributed by atoms with E-state index >= 15 is 0 Å². The molecule has 0 aliphatic carbocycles. The van der Waals surface area contributed by atoms with Crippen LogP contribution in [0.4, 0.5) is 0 Å². The van der Waals surface area contributed by atoms with Crippen LogP contribution >= 0.6 is 0 Å². The lowest BCUT2D eigenvalue weighted by Crippen LogP contribution is -2.40. The van der Waals surface area contributed by atoms with Gasteiger partial charge in [-0.25, -0.2) is 4.98 Å². The first-order chi connectivity index (χ1) is 13.1. The van der Waals surface area contributed by atoms with Crippen molar-refractivity contribution in [3.8, 4) is 5.88 Å². The minimum Gasteiger partial charge on any atom is -0.474 e. The van der Waals surface area contributed by atoms with Crippen LogP contribution in [-0.4, -0.2) is 72.7 Å². The number of hydrogen-bond donors (Lipinski definition) is 0. The van der Waals surface area contributed by atoms with Gasteiger partial charge in [0.1, 0.15) is 6.10 Å². The van der Waals surface area contributed by atoms with Crippen molar-refractivity contribution in [1.82, 2.24) is 14.8 Å². The van der Waals surface area contributed by atoms with Gasteiger partial charge in [0.05, 0.1) is 13.2 Å². The summed E-state index contributed by atoms with van der Waals surface area (Å²) in [6.07, 6.45) is 7.50. The molecule has 2 saturated heterocycles. The number of carbonyl (C=O) groups is 1. The molecule has 3 heterocycles. The molecule has 0 spiro atoms. The summed E-state index contributed by atoms with van der Waals surface area (Å²) in [6.45, 7) is 10.4. The number of rotatable bonds is 6. The maximum Gasteiger partial charge on any atom is 0.246 e. The fraction of sp³-hybridized carbons (Fsp3) is 0.619. The van der Waals surface area contributed by atoms with Gasteiger partial charge in [-0.15, -0.1) is 0 Å². The van der Waals surface area contributed by atoms with Crippen molar-refractivity contribution in [2.75, 3.05) is 45.9 Å². The van der Waals surface area contributed by atoms with E-state index in [9.17, 15) is 4.79 Å². The second-order valence-corrected chi connectivity index (χ2v) is 7.71. The number of amides is 1. The van der Waals surface area contributed by atoms with E-state index in [-0.39, 0.29) is 12.0 Å². The van der Waals surface area contributed by atoms with Crippen molar-refractivity contribution >= 4 is 12.0 Å². The number of ether oxygens (including phenoxy) is 2. The molecule has 1 aromatic rings. The predicted octanol–water partition coefficient (Wildman–Crippen LogP) is 2.45. The van der Waals surface area contributed by atoms with Gasteiger partial charge in [-0.1, -0.05) is 13.8 Å². The summed E-state index contributed by atoms with van der Waals surface area (Å²) < 4.78 is 11.3. The molecule has 0 bridgehead atoms. The lowest BCUT2D eigenvalue weighted by atomic mass is 10.1. The summed E-state index contributed by atoms with van der Waals surface area (Å²) in [5.74, 6) is 1.39. The Kier molecular flexibility index (Phi) is 7.24. The number of piperidine rings is 1. The third kappa shape index (κ3) is 6.33. The highest BCUT2D eigenvalue weighted by molar-refractivity contribution is 5.91. The Morgan fingerprint density at radius 1 is 1.26 bits per heavy atom. The predicted molar refractivity (Wildman–Crippen MR) is 106 cm³/mol. The fourth-order valence-electron chi connectivity index (χ4n) is 3.51. The quantitative estimate of drug-likeness (QED) is 0.717. The summed E-state index contributed by atoms with van der Waals surface area (Å²) in [5.41, 5.74) is 0.899. The largest absolute Gasteiger partial charge is 0.474 e. The molecule has 148 valence electrons. The second-order valence-electron chi connectivity index (χ2n) is 7.71. The van der Waals surface area contributed by atoms with Gasteiger partial charge >= 0.3 is 0 Å². The van der Waals surface area contributed by atoms with Crippen LogP contribution < -0.4 is 4.74 Å². The van der Waals surface area contributed by atoms with Crippen molar-refractivity contribution in [3.05, 3.63) is 30.0 Å². The number of nitrogens with zero attached hydrogens (tertiary/aromatic N) is 3. The average molecular weight is 373 g/mol. The highest BCUT2D eigenvalue weighted by Crippen LogP contribution is 2.18. The lowest BCUT2D eigenvalue weighted by molar-refractivity contribution is -0.129. The van der Waals surface area contributed by atoms with Crippen LogP contribution in [0.2, 0.25) is 0 Å². The zero-order chi connectivity index (χ0) is 19.1. The fourth-order valence-corrected chi connectivity index (χ4v) is 3.51. The second kappa shape index (κ2) is 9.85. The van der Waals surface area contributed by atoms with Crippen LogP contribution in [0.15, 0.2) is 24.4 Å². The monoisotopic (exact) mass is 373 g/mol. The molecule has 0 radical (unpaired) electrons. The summed E-state index contributed by atoms with van der Waals surface area (Å²) in [7, 11) is 0. The smallest absolute Gasteiger partial charge is 0.246 e. The van der Waals surface area contributed by atoms with E-state index in [2.05, 4.69) is 23.7 Å². The molecule has 6 heteroatoms. The maximum absolute atomic E-state index is 12.1. The number of likely N-dealkylation sites (tertiary alicyclic amines) is 1. The Morgan fingerprint density at radius 2 is 2.00 bits per heavy atom. The van der Waals surface area contributed by atoms with E-state index in [1.807, 2.05) is 12.1 Å². The molecule has 0 atom stereocenters. The van der Waals surface area contributed by atoms with E-state index in [0.29, 0.717) is 38.1 Å². The molecule has 6 nitrogen and oxygen atoms in total. The van der Waals surface area contributed by atoms with Gasteiger partial charge in [0.15, 0.2) is 0 Å². The van der Waals surface area contributed by atoms with Gasteiger partial charge in [-0.05, 0) is 36.5 Å². The number of pyridine rings is 1. The number of aromatic nitrogens is 1. The van der Waals surface area contributed by atoms with Gasteiger partial charge < -0.3 is 19.3 Å². The van der Waals surface area contributed by atoms with Crippen molar-refractivity contribution < 1.29 is 14.3 Å². The Bertz CT molecular complexity index is 616. The van der Waals surface area contributed by atoms with Gasteiger partial charge in [0.25, 0.3) is 0 Å². The van der Waals surface area contributed by atoms with Crippen LogP contribution in [0.25, 0.3) is 6.08 Å². The Morgan fingerprint density at radius 3 is 2.63 bits per heavy atom. The topological polar surface area (TPSA) is 54.9 Å².